The SMILES string of the molecule is CC(C)(C)c1csc(CN2CCN(C(=O)c3cc(Cl)ccc3Cl)CC2)n1. The number of thiazole rings is 1. The summed E-state index contributed by atoms with van der Waals surface area (Å²) in [6.07, 6.45) is 0. The lowest BCUT2D eigenvalue weighted by Crippen LogP contribution is -2.48. The monoisotopic (exact) mass is 411 g/mol. The van der Waals surface area contributed by atoms with Crippen molar-refractivity contribution in [3.8, 4) is 0 Å². The lowest BCUT2D eigenvalue weighted by Gasteiger charge is -2.34. The number of hydrogen-bond donors (Lipinski definition) is 0. The molecule has 1 saturated heterocycles. The van der Waals surface area contributed by atoms with Gasteiger partial charge in [-0.15, -0.1) is 11.3 Å². The van der Waals surface area contributed by atoms with E-state index in [4.69, 9.17) is 28.2 Å². The zero-order valence-corrected chi connectivity index (χ0v) is 17.6. The molecule has 1 fully saturated rings. The summed E-state index contributed by atoms with van der Waals surface area (Å²) in [5.41, 5.74) is 1.69. The molecule has 4 nitrogen and oxygen atoms in total. The van der Waals surface area contributed by atoms with Gasteiger partial charge in [0.25, 0.3) is 5.91 Å². The maximum absolute atomic E-state index is 12.7. The van der Waals surface area contributed by atoms with Crippen molar-refractivity contribution in [3.63, 3.8) is 0 Å². The highest BCUT2D eigenvalue weighted by molar-refractivity contribution is 7.09. The highest BCUT2D eigenvalue weighted by Crippen LogP contribution is 2.25. The molecule has 1 aliphatic heterocycles. The first-order valence-corrected chi connectivity index (χ1v) is 10.3. The number of hydrogen-bond acceptors (Lipinski definition) is 4. The molecule has 0 spiro atoms. The van der Waals surface area contributed by atoms with Gasteiger partial charge in [-0.25, -0.2) is 4.98 Å². The molecule has 1 amide bonds. The van der Waals surface area contributed by atoms with Crippen molar-refractivity contribution in [3.05, 3.63) is 49.9 Å². The van der Waals surface area contributed by atoms with Gasteiger partial charge in [0, 0.05) is 42.0 Å². The van der Waals surface area contributed by atoms with Gasteiger partial charge in [-0.05, 0) is 18.2 Å². The molecule has 1 aliphatic rings. The van der Waals surface area contributed by atoms with Crippen molar-refractivity contribution in [2.24, 2.45) is 0 Å². The molecule has 3 rings (SSSR count). The number of halogens is 2. The average Bonchev–Trinajstić information content (AvgIpc) is 3.06. The maximum Gasteiger partial charge on any atom is 0.255 e. The first-order chi connectivity index (χ1) is 12.2. The summed E-state index contributed by atoms with van der Waals surface area (Å²) in [4.78, 5) is 21.7. The molecule has 140 valence electrons. The van der Waals surface area contributed by atoms with E-state index in [2.05, 4.69) is 31.1 Å². The smallest absolute Gasteiger partial charge is 0.255 e. The third-order valence-electron chi connectivity index (χ3n) is 4.50. The Morgan fingerprint density at radius 3 is 2.50 bits per heavy atom. The number of benzene rings is 1. The number of piperazine rings is 1. The molecule has 1 aromatic carbocycles. The number of amides is 1. The number of carbonyl (C=O) groups excluding carboxylic acids is 1. The van der Waals surface area contributed by atoms with E-state index >= 15 is 0 Å². The Morgan fingerprint density at radius 1 is 1.19 bits per heavy atom. The molecule has 0 atom stereocenters. The van der Waals surface area contributed by atoms with Crippen molar-refractivity contribution < 1.29 is 4.79 Å². The second-order valence-electron chi connectivity index (χ2n) is 7.57. The van der Waals surface area contributed by atoms with E-state index in [1.165, 1.54) is 0 Å². The van der Waals surface area contributed by atoms with Crippen molar-refractivity contribution in [1.82, 2.24) is 14.8 Å². The highest BCUT2D eigenvalue weighted by Gasteiger charge is 2.25. The topological polar surface area (TPSA) is 36.4 Å². The number of rotatable bonds is 3. The fourth-order valence-electron chi connectivity index (χ4n) is 2.86. The fraction of sp³-hybridized carbons (Fsp3) is 0.474. The van der Waals surface area contributed by atoms with Crippen LogP contribution in [0.3, 0.4) is 0 Å². The minimum Gasteiger partial charge on any atom is -0.336 e. The number of aromatic nitrogens is 1. The van der Waals surface area contributed by atoms with Crippen LogP contribution in [0.25, 0.3) is 0 Å². The Labute approximate surface area is 168 Å². The zero-order valence-electron chi connectivity index (χ0n) is 15.3. The first-order valence-electron chi connectivity index (χ1n) is 8.65. The van der Waals surface area contributed by atoms with Crippen LogP contribution >= 0.6 is 34.5 Å². The zero-order chi connectivity index (χ0) is 18.9. The van der Waals surface area contributed by atoms with E-state index in [-0.39, 0.29) is 11.3 Å². The lowest BCUT2D eigenvalue weighted by atomic mass is 9.93. The van der Waals surface area contributed by atoms with Crippen molar-refractivity contribution >= 4 is 40.4 Å². The van der Waals surface area contributed by atoms with Gasteiger partial charge in [0.05, 0.1) is 22.8 Å². The molecule has 26 heavy (non-hydrogen) atoms. The maximum atomic E-state index is 12.7. The minimum absolute atomic E-state index is 0.0542. The van der Waals surface area contributed by atoms with Crippen LogP contribution in [0.15, 0.2) is 23.6 Å². The fourth-order valence-corrected chi connectivity index (χ4v) is 4.29. The Hall–Kier alpha value is -1.14. The predicted octanol–water partition coefficient (Wildman–Crippen LogP) is 4.71. The molecule has 0 unspecified atom stereocenters. The van der Waals surface area contributed by atoms with Gasteiger partial charge in [0.1, 0.15) is 5.01 Å². The Balaban J connectivity index is 1.58. The van der Waals surface area contributed by atoms with Crippen LogP contribution in [-0.4, -0.2) is 46.9 Å². The molecule has 7 heteroatoms. The predicted molar refractivity (Wildman–Crippen MR) is 108 cm³/mol. The quantitative estimate of drug-likeness (QED) is 0.733. The van der Waals surface area contributed by atoms with Crippen LogP contribution in [0.1, 0.15) is 41.8 Å². The van der Waals surface area contributed by atoms with Crippen LogP contribution in [0.2, 0.25) is 10.0 Å². The van der Waals surface area contributed by atoms with Crippen LogP contribution in [0.4, 0.5) is 0 Å². The minimum atomic E-state index is -0.0542. The molecule has 0 bridgehead atoms. The van der Waals surface area contributed by atoms with Gasteiger partial charge in [0.15, 0.2) is 0 Å². The summed E-state index contributed by atoms with van der Waals surface area (Å²) in [7, 11) is 0. The third-order valence-corrected chi connectivity index (χ3v) is 5.90. The van der Waals surface area contributed by atoms with Gasteiger partial charge < -0.3 is 4.90 Å². The Kier molecular flexibility index (Phi) is 5.92. The molecule has 1 aromatic heterocycles. The molecule has 0 aliphatic carbocycles. The normalized spacial score (nSPS) is 16.1. The third kappa shape index (κ3) is 4.58. The Morgan fingerprint density at radius 2 is 1.88 bits per heavy atom. The summed E-state index contributed by atoms with van der Waals surface area (Å²) >= 11 is 13.9. The number of nitrogens with zero attached hydrogens (tertiary/aromatic N) is 3. The molecule has 0 N–H and O–H groups in total. The summed E-state index contributed by atoms with van der Waals surface area (Å²) in [6.45, 7) is 10.4. The molecule has 2 aromatic rings. The van der Waals surface area contributed by atoms with Crippen LogP contribution in [0, 0.1) is 0 Å². The van der Waals surface area contributed by atoms with Gasteiger partial charge in [-0.1, -0.05) is 44.0 Å². The van der Waals surface area contributed by atoms with Crippen molar-refractivity contribution in [1.29, 1.82) is 0 Å². The van der Waals surface area contributed by atoms with E-state index in [1.807, 2.05) is 4.90 Å². The first kappa shape index (κ1) is 19.6. The summed E-state index contributed by atoms with van der Waals surface area (Å²) in [6, 6.07) is 5.00. The second-order valence-corrected chi connectivity index (χ2v) is 9.36. The summed E-state index contributed by atoms with van der Waals surface area (Å²) in [5, 5.41) is 4.25. The standard InChI is InChI=1S/C19H23Cl2N3OS/c1-19(2,3)16-12-26-17(22-16)11-23-6-8-24(9-7-23)18(25)14-10-13(20)4-5-15(14)21/h4-5,10,12H,6-9,11H2,1-3H3. The van der Waals surface area contributed by atoms with Gasteiger partial charge in [0.2, 0.25) is 0 Å². The van der Waals surface area contributed by atoms with Gasteiger partial charge in [-0.2, -0.15) is 0 Å². The van der Waals surface area contributed by atoms with E-state index < -0.39 is 0 Å². The lowest BCUT2D eigenvalue weighted by molar-refractivity contribution is 0.0628. The summed E-state index contributed by atoms with van der Waals surface area (Å²) < 4.78 is 0. The second kappa shape index (κ2) is 7.85. The van der Waals surface area contributed by atoms with Gasteiger partial charge >= 0.3 is 0 Å². The average molecular weight is 412 g/mol. The molecule has 0 saturated carbocycles. The molecular weight excluding hydrogens is 389 g/mol. The highest BCUT2D eigenvalue weighted by atomic mass is 35.5. The molecular formula is C19H23Cl2N3OS. The van der Waals surface area contributed by atoms with E-state index in [0.29, 0.717) is 28.7 Å². The van der Waals surface area contributed by atoms with Crippen molar-refractivity contribution in [2.75, 3.05) is 26.2 Å². The molecule has 0 radical (unpaired) electrons. The van der Waals surface area contributed by atoms with Crippen LogP contribution in [-0.2, 0) is 12.0 Å². The van der Waals surface area contributed by atoms with Crippen LogP contribution in [0.5, 0.6) is 0 Å². The van der Waals surface area contributed by atoms with E-state index in [0.717, 1.165) is 30.3 Å². The largest absolute Gasteiger partial charge is 0.336 e. The van der Waals surface area contributed by atoms with Gasteiger partial charge in [-0.3, -0.25) is 9.69 Å². The van der Waals surface area contributed by atoms with E-state index in [1.54, 1.807) is 29.5 Å². The van der Waals surface area contributed by atoms with Crippen LogP contribution < -0.4 is 0 Å². The molecule has 2 heterocycles. The Bertz CT molecular complexity index is 792. The number of carbonyl (C=O) groups is 1. The summed E-state index contributed by atoms with van der Waals surface area (Å²) in [5.74, 6) is -0.0542. The van der Waals surface area contributed by atoms with E-state index in [9.17, 15) is 4.79 Å². The van der Waals surface area contributed by atoms with Crippen molar-refractivity contribution in [2.45, 2.75) is 32.7 Å².